The van der Waals surface area contributed by atoms with E-state index in [0.29, 0.717) is 25.1 Å². The van der Waals surface area contributed by atoms with E-state index < -0.39 is 11.9 Å². The molecule has 1 amide bonds. The van der Waals surface area contributed by atoms with Crippen molar-refractivity contribution in [3.05, 3.63) is 29.8 Å². The average Bonchev–Trinajstić information content (AvgIpc) is 2.69. The lowest BCUT2D eigenvalue weighted by atomic mass is 10.2. The molecule has 0 radical (unpaired) electrons. The number of rotatable bonds is 15. The van der Waals surface area contributed by atoms with E-state index in [1.54, 1.807) is 12.1 Å². The van der Waals surface area contributed by atoms with E-state index in [1.165, 1.54) is 0 Å². The molecule has 156 valence electrons. The lowest BCUT2D eigenvalue weighted by molar-refractivity contribution is -0.138. The van der Waals surface area contributed by atoms with Gasteiger partial charge >= 0.3 is 11.9 Å². The van der Waals surface area contributed by atoms with Gasteiger partial charge in [0.05, 0.1) is 18.6 Å². The number of anilines is 1. The van der Waals surface area contributed by atoms with Gasteiger partial charge in [-0.1, -0.05) is 13.3 Å². The molecule has 28 heavy (non-hydrogen) atoms. The summed E-state index contributed by atoms with van der Waals surface area (Å²) in [6, 6.07) is 7.16. The quantitative estimate of drug-likeness (QED) is 0.309. The molecule has 0 heterocycles. The minimum atomic E-state index is -0.993. The van der Waals surface area contributed by atoms with Crippen molar-refractivity contribution in [2.45, 2.75) is 39.0 Å². The van der Waals surface area contributed by atoms with E-state index in [2.05, 4.69) is 17.6 Å². The number of hydrogen-bond donors (Lipinski definition) is 3. The molecule has 0 spiro atoms. The molecule has 0 fully saturated rings. The van der Waals surface area contributed by atoms with Crippen molar-refractivity contribution >= 4 is 23.5 Å². The number of carbonyl (C=O) groups excluding carboxylic acids is 2. The zero-order valence-corrected chi connectivity index (χ0v) is 16.4. The van der Waals surface area contributed by atoms with Crippen LogP contribution in [0.1, 0.15) is 49.4 Å². The van der Waals surface area contributed by atoms with E-state index in [4.69, 9.17) is 14.6 Å². The van der Waals surface area contributed by atoms with Crippen LogP contribution in [0.3, 0.4) is 0 Å². The third-order valence-corrected chi connectivity index (χ3v) is 3.79. The Morgan fingerprint density at radius 3 is 2.39 bits per heavy atom. The summed E-state index contributed by atoms with van der Waals surface area (Å²) in [5.74, 6) is -1.68. The molecule has 0 atom stereocenters. The SMILES string of the molecule is CCCCNc1ccc(C(=O)OCCOCCCNC(=O)CCC(=O)O)cc1. The van der Waals surface area contributed by atoms with Crippen LogP contribution >= 0.6 is 0 Å². The lowest BCUT2D eigenvalue weighted by Crippen LogP contribution is -2.25. The molecule has 8 nitrogen and oxygen atoms in total. The van der Waals surface area contributed by atoms with Gasteiger partial charge in [-0.2, -0.15) is 0 Å². The molecule has 0 saturated heterocycles. The number of aliphatic carboxylic acids is 1. The van der Waals surface area contributed by atoms with E-state index >= 15 is 0 Å². The van der Waals surface area contributed by atoms with Crippen LogP contribution in [0, 0.1) is 0 Å². The number of unbranched alkanes of at least 4 members (excludes halogenated alkanes) is 1. The Hall–Kier alpha value is -2.61. The average molecular weight is 394 g/mol. The van der Waals surface area contributed by atoms with Gasteiger partial charge in [0.15, 0.2) is 0 Å². The number of hydrogen-bond acceptors (Lipinski definition) is 6. The van der Waals surface area contributed by atoms with Crippen LogP contribution in [0.15, 0.2) is 24.3 Å². The Labute approximate surface area is 165 Å². The molecule has 0 aromatic heterocycles. The maximum atomic E-state index is 11.9. The fourth-order valence-corrected chi connectivity index (χ4v) is 2.22. The second-order valence-corrected chi connectivity index (χ2v) is 6.20. The molecule has 0 bridgehead atoms. The van der Waals surface area contributed by atoms with Gasteiger partial charge in [0.2, 0.25) is 5.91 Å². The number of amides is 1. The van der Waals surface area contributed by atoms with Crippen LogP contribution in [-0.4, -0.2) is 55.9 Å². The molecule has 0 unspecified atom stereocenters. The summed E-state index contributed by atoms with van der Waals surface area (Å²) >= 11 is 0. The summed E-state index contributed by atoms with van der Waals surface area (Å²) in [6.07, 6.45) is 2.62. The molecule has 0 saturated carbocycles. The zero-order chi connectivity index (χ0) is 20.6. The molecule has 1 aromatic carbocycles. The van der Waals surface area contributed by atoms with Crippen LogP contribution in [0.2, 0.25) is 0 Å². The van der Waals surface area contributed by atoms with Crippen molar-refractivity contribution in [3.8, 4) is 0 Å². The predicted octanol–water partition coefficient (Wildman–Crippen LogP) is 2.44. The molecule has 8 heteroatoms. The van der Waals surface area contributed by atoms with Crippen molar-refractivity contribution < 1.29 is 29.0 Å². The zero-order valence-electron chi connectivity index (χ0n) is 16.4. The highest BCUT2D eigenvalue weighted by Crippen LogP contribution is 2.10. The minimum absolute atomic E-state index is 0.0259. The van der Waals surface area contributed by atoms with Gasteiger partial charge in [-0.15, -0.1) is 0 Å². The van der Waals surface area contributed by atoms with Crippen LogP contribution in [0.25, 0.3) is 0 Å². The highest BCUT2D eigenvalue weighted by atomic mass is 16.6. The normalized spacial score (nSPS) is 10.3. The number of esters is 1. The second-order valence-electron chi connectivity index (χ2n) is 6.20. The Morgan fingerprint density at radius 2 is 1.71 bits per heavy atom. The van der Waals surface area contributed by atoms with Gasteiger partial charge in [0.25, 0.3) is 0 Å². The number of carboxylic acid groups (broad SMARTS) is 1. The Bertz CT molecular complexity index is 603. The lowest BCUT2D eigenvalue weighted by Gasteiger charge is -2.08. The van der Waals surface area contributed by atoms with Gasteiger partial charge in [0, 0.05) is 31.8 Å². The summed E-state index contributed by atoms with van der Waals surface area (Å²) in [4.78, 5) is 33.6. The Morgan fingerprint density at radius 1 is 0.964 bits per heavy atom. The number of ether oxygens (including phenoxy) is 2. The van der Waals surface area contributed by atoms with Gasteiger partial charge in [-0.3, -0.25) is 9.59 Å². The molecule has 3 N–H and O–H groups in total. The smallest absolute Gasteiger partial charge is 0.338 e. The number of benzene rings is 1. The van der Waals surface area contributed by atoms with E-state index in [0.717, 1.165) is 25.1 Å². The third kappa shape index (κ3) is 11.2. The molecular formula is C20H30N2O6. The second kappa shape index (κ2) is 14.4. The largest absolute Gasteiger partial charge is 0.481 e. The van der Waals surface area contributed by atoms with Crippen molar-refractivity contribution in [1.82, 2.24) is 5.32 Å². The minimum Gasteiger partial charge on any atom is -0.481 e. The summed E-state index contributed by atoms with van der Waals surface area (Å²) in [7, 11) is 0. The molecule has 0 aliphatic heterocycles. The summed E-state index contributed by atoms with van der Waals surface area (Å²) < 4.78 is 10.5. The van der Waals surface area contributed by atoms with Crippen LogP contribution in [-0.2, 0) is 19.1 Å². The molecule has 0 aliphatic rings. The van der Waals surface area contributed by atoms with E-state index in [1.807, 2.05) is 12.1 Å². The van der Waals surface area contributed by atoms with Gasteiger partial charge < -0.3 is 25.2 Å². The van der Waals surface area contributed by atoms with Crippen molar-refractivity contribution in [3.63, 3.8) is 0 Å². The number of nitrogens with one attached hydrogen (secondary N) is 2. The molecular weight excluding hydrogens is 364 g/mol. The molecule has 1 aromatic rings. The fraction of sp³-hybridized carbons (Fsp3) is 0.550. The van der Waals surface area contributed by atoms with Crippen molar-refractivity contribution in [2.75, 3.05) is 38.2 Å². The topological polar surface area (TPSA) is 114 Å². The highest BCUT2D eigenvalue weighted by Gasteiger charge is 2.07. The summed E-state index contributed by atoms with van der Waals surface area (Å²) in [6.45, 7) is 4.29. The van der Waals surface area contributed by atoms with Gasteiger partial charge in [-0.05, 0) is 37.1 Å². The van der Waals surface area contributed by atoms with Crippen LogP contribution in [0.4, 0.5) is 5.69 Å². The summed E-state index contributed by atoms with van der Waals surface area (Å²) in [5, 5.41) is 14.4. The maximum Gasteiger partial charge on any atom is 0.338 e. The van der Waals surface area contributed by atoms with Crippen molar-refractivity contribution in [1.29, 1.82) is 0 Å². The van der Waals surface area contributed by atoms with Crippen LogP contribution in [0.5, 0.6) is 0 Å². The predicted molar refractivity (Wildman–Crippen MR) is 105 cm³/mol. The van der Waals surface area contributed by atoms with Crippen LogP contribution < -0.4 is 10.6 Å². The third-order valence-electron chi connectivity index (χ3n) is 3.79. The monoisotopic (exact) mass is 394 g/mol. The highest BCUT2D eigenvalue weighted by molar-refractivity contribution is 5.89. The molecule has 1 rings (SSSR count). The fourth-order valence-electron chi connectivity index (χ4n) is 2.22. The standard InChI is InChI=1S/C20H30N2O6/c1-2-3-11-21-17-7-5-16(6-8-17)20(26)28-15-14-27-13-4-12-22-18(23)9-10-19(24)25/h5-8,21H,2-4,9-15H2,1H3,(H,22,23)(H,24,25). The van der Waals surface area contributed by atoms with Gasteiger partial charge in [0.1, 0.15) is 6.61 Å². The Balaban J connectivity index is 2.06. The maximum absolute atomic E-state index is 11.9. The van der Waals surface area contributed by atoms with Gasteiger partial charge in [-0.25, -0.2) is 4.79 Å². The Kier molecular flexibility index (Phi) is 12.1. The first kappa shape index (κ1) is 23.4. The molecule has 0 aliphatic carbocycles. The first-order valence-electron chi connectivity index (χ1n) is 9.60. The summed E-state index contributed by atoms with van der Waals surface area (Å²) in [5.41, 5.74) is 1.47. The number of carbonyl (C=O) groups is 3. The van der Waals surface area contributed by atoms with E-state index in [9.17, 15) is 14.4 Å². The van der Waals surface area contributed by atoms with E-state index in [-0.39, 0.29) is 32.0 Å². The number of carboxylic acids is 1. The first-order valence-corrected chi connectivity index (χ1v) is 9.60. The first-order chi connectivity index (χ1) is 13.5. The van der Waals surface area contributed by atoms with Crippen molar-refractivity contribution in [2.24, 2.45) is 0 Å².